The first-order valence-corrected chi connectivity index (χ1v) is 8.49. The number of nitrogens with one attached hydrogen (secondary N) is 1. The Morgan fingerprint density at radius 1 is 1.16 bits per heavy atom. The number of thiocarbonyl (C=S) groups is 1. The maximum absolute atomic E-state index is 5.72. The second-order valence-electron chi connectivity index (χ2n) is 6.01. The van der Waals surface area contributed by atoms with E-state index in [4.69, 9.17) is 32.2 Å². The Morgan fingerprint density at radius 2 is 2.00 bits per heavy atom. The third-order valence-electron chi connectivity index (χ3n) is 4.31. The summed E-state index contributed by atoms with van der Waals surface area (Å²) in [5.74, 6) is 1.53. The van der Waals surface area contributed by atoms with Gasteiger partial charge in [0.05, 0.1) is 0 Å². The smallest absolute Gasteiger partial charge is 0.254 e. The normalized spacial score (nSPS) is 13.8. The van der Waals surface area contributed by atoms with Gasteiger partial charge in [-0.25, -0.2) is 0 Å². The second kappa shape index (κ2) is 6.64. The number of aromatic nitrogens is 1. The van der Waals surface area contributed by atoms with Crippen molar-refractivity contribution in [2.45, 2.75) is 18.9 Å². The van der Waals surface area contributed by atoms with E-state index in [1.807, 2.05) is 36.5 Å². The van der Waals surface area contributed by atoms with Crippen molar-refractivity contribution in [1.82, 2.24) is 4.98 Å². The van der Waals surface area contributed by atoms with E-state index in [2.05, 4.69) is 17.1 Å². The van der Waals surface area contributed by atoms with Gasteiger partial charge >= 0.3 is 0 Å². The first-order valence-electron chi connectivity index (χ1n) is 8.08. The van der Waals surface area contributed by atoms with Gasteiger partial charge in [0, 0.05) is 29.9 Å². The molecular formula is C19H18N2O3S. The van der Waals surface area contributed by atoms with E-state index in [9.17, 15) is 0 Å². The summed E-state index contributed by atoms with van der Waals surface area (Å²) in [5.41, 5.74) is 9.01. The molecule has 1 aliphatic rings. The molecule has 0 saturated carbocycles. The van der Waals surface area contributed by atoms with Crippen LogP contribution in [-0.4, -0.2) is 23.1 Å². The van der Waals surface area contributed by atoms with Gasteiger partial charge in [0.1, 0.15) is 6.10 Å². The van der Waals surface area contributed by atoms with Crippen LogP contribution in [0, 0.1) is 0 Å². The number of nitrogens with two attached hydrogens (primary N) is 1. The number of hydrogen-bond donors (Lipinski definition) is 2. The van der Waals surface area contributed by atoms with Crippen molar-refractivity contribution >= 4 is 28.3 Å². The van der Waals surface area contributed by atoms with Crippen molar-refractivity contribution in [2.75, 3.05) is 6.79 Å². The average Bonchev–Trinajstić information content (AvgIpc) is 3.21. The predicted octanol–water partition coefficient (Wildman–Crippen LogP) is 3.31. The number of rotatable bonds is 5. The minimum atomic E-state index is -0.155. The lowest BCUT2D eigenvalue weighted by Crippen LogP contribution is -2.26. The van der Waals surface area contributed by atoms with E-state index >= 15 is 0 Å². The number of hydrogen-bond acceptors (Lipinski definition) is 4. The summed E-state index contributed by atoms with van der Waals surface area (Å²) in [6.45, 7) is 0.265. The van der Waals surface area contributed by atoms with Gasteiger partial charge in [-0.05, 0) is 41.5 Å². The number of benzene rings is 2. The van der Waals surface area contributed by atoms with Gasteiger partial charge in [0.15, 0.2) is 11.5 Å². The topological polar surface area (TPSA) is 69.5 Å². The first kappa shape index (κ1) is 15.8. The minimum Gasteiger partial charge on any atom is -0.467 e. The minimum absolute atomic E-state index is 0.0607. The Bertz CT molecular complexity index is 922. The fourth-order valence-corrected chi connectivity index (χ4v) is 3.33. The number of aromatic amines is 1. The number of ether oxygens (including phenoxy) is 3. The van der Waals surface area contributed by atoms with Crippen molar-refractivity contribution in [2.24, 2.45) is 5.73 Å². The molecule has 3 N–H and O–H groups in total. The van der Waals surface area contributed by atoms with E-state index in [0.717, 1.165) is 22.6 Å². The van der Waals surface area contributed by atoms with Gasteiger partial charge in [0.25, 0.3) is 5.17 Å². The van der Waals surface area contributed by atoms with Gasteiger partial charge in [-0.1, -0.05) is 24.3 Å². The van der Waals surface area contributed by atoms with Crippen molar-refractivity contribution in [3.05, 3.63) is 59.8 Å². The number of para-hydroxylation sites is 1. The average molecular weight is 354 g/mol. The van der Waals surface area contributed by atoms with Crippen molar-refractivity contribution in [3.63, 3.8) is 0 Å². The van der Waals surface area contributed by atoms with Gasteiger partial charge < -0.3 is 24.9 Å². The van der Waals surface area contributed by atoms with Crippen LogP contribution in [0.25, 0.3) is 10.9 Å². The number of fused-ring (bicyclic) bond motifs is 2. The monoisotopic (exact) mass is 354 g/mol. The highest BCUT2D eigenvalue weighted by atomic mass is 32.1. The van der Waals surface area contributed by atoms with E-state index in [1.165, 1.54) is 10.9 Å². The molecule has 1 aromatic heterocycles. The molecule has 5 nitrogen and oxygen atoms in total. The second-order valence-corrected chi connectivity index (χ2v) is 6.42. The molecule has 1 atom stereocenters. The lowest BCUT2D eigenvalue weighted by molar-refractivity contribution is 0.173. The quantitative estimate of drug-likeness (QED) is 0.688. The van der Waals surface area contributed by atoms with E-state index in [-0.39, 0.29) is 18.1 Å². The van der Waals surface area contributed by atoms with Gasteiger partial charge in [-0.3, -0.25) is 0 Å². The highest BCUT2D eigenvalue weighted by Crippen LogP contribution is 2.33. The molecule has 128 valence electrons. The van der Waals surface area contributed by atoms with Crippen LogP contribution >= 0.6 is 12.2 Å². The molecule has 0 aliphatic carbocycles. The summed E-state index contributed by atoms with van der Waals surface area (Å²) < 4.78 is 16.5. The maximum atomic E-state index is 5.72. The molecule has 0 radical (unpaired) electrons. The van der Waals surface area contributed by atoms with Crippen LogP contribution in [0.5, 0.6) is 11.5 Å². The molecule has 0 bridgehead atoms. The Balaban J connectivity index is 1.56. The molecule has 0 saturated heterocycles. The lowest BCUT2D eigenvalue weighted by atomic mass is 10.0. The molecule has 1 aliphatic heterocycles. The van der Waals surface area contributed by atoms with Gasteiger partial charge in [-0.2, -0.15) is 0 Å². The van der Waals surface area contributed by atoms with Crippen molar-refractivity contribution < 1.29 is 14.2 Å². The zero-order valence-corrected chi connectivity index (χ0v) is 14.3. The molecular weight excluding hydrogens is 336 g/mol. The van der Waals surface area contributed by atoms with Crippen LogP contribution < -0.4 is 15.2 Å². The zero-order valence-electron chi connectivity index (χ0n) is 13.5. The van der Waals surface area contributed by atoms with Gasteiger partial charge in [0.2, 0.25) is 6.79 Å². The van der Waals surface area contributed by atoms with Crippen molar-refractivity contribution in [1.29, 1.82) is 0 Å². The molecule has 2 aromatic carbocycles. The zero-order chi connectivity index (χ0) is 17.2. The summed E-state index contributed by atoms with van der Waals surface area (Å²) in [4.78, 5) is 3.29. The largest absolute Gasteiger partial charge is 0.467 e. The standard InChI is InChI=1S/C19H18N2O3S/c20-19(25)24-14(7-12-5-6-17-18(8-12)23-11-22-17)9-13-10-21-16-4-2-1-3-15(13)16/h1-6,8,10,14,21H,7,9,11H2,(H2,20,25). The molecule has 3 aromatic rings. The van der Waals surface area contributed by atoms with Crippen molar-refractivity contribution in [3.8, 4) is 11.5 Å². The van der Waals surface area contributed by atoms with E-state index in [0.29, 0.717) is 12.8 Å². The maximum Gasteiger partial charge on any atom is 0.254 e. The summed E-state index contributed by atoms with van der Waals surface area (Å²) in [6.07, 6.45) is 3.24. The summed E-state index contributed by atoms with van der Waals surface area (Å²) in [7, 11) is 0. The first-order chi connectivity index (χ1) is 12.2. The van der Waals surface area contributed by atoms with Crippen LogP contribution in [0.2, 0.25) is 0 Å². The lowest BCUT2D eigenvalue weighted by Gasteiger charge is -2.18. The molecule has 25 heavy (non-hydrogen) atoms. The van der Waals surface area contributed by atoms with E-state index in [1.54, 1.807) is 0 Å². The van der Waals surface area contributed by atoms with Crippen LogP contribution in [0.15, 0.2) is 48.7 Å². The fourth-order valence-electron chi connectivity index (χ4n) is 3.20. The molecule has 2 heterocycles. The fraction of sp³-hybridized carbons (Fsp3) is 0.211. The summed E-state index contributed by atoms with van der Waals surface area (Å²) >= 11 is 4.96. The SMILES string of the molecule is NC(=S)OC(Cc1ccc2c(c1)OCO2)Cc1c[nH]c2ccccc12. The summed E-state index contributed by atoms with van der Waals surface area (Å²) in [5, 5.41) is 1.25. The van der Waals surface area contributed by atoms with Crippen LogP contribution in [0.4, 0.5) is 0 Å². The van der Waals surface area contributed by atoms with E-state index < -0.39 is 0 Å². The predicted molar refractivity (Wildman–Crippen MR) is 99.9 cm³/mol. The Hall–Kier alpha value is -2.73. The third-order valence-corrected chi connectivity index (χ3v) is 4.40. The Morgan fingerprint density at radius 3 is 2.88 bits per heavy atom. The van der Waals surface area contributed by atoms with Crippen LogP contribution in [0.1, 0.15) is 11.1 Å². The third kappa shape index (κ3) is 3.39. The molecule has 4 rings (SSSR count). The van der Waals surface area contributed by atoms with Gasteiger partial charge in [-0.15, -0.1) is 0 Å². The molecule has 1 unspecified atom stereocenters. The Labute approximate surface area is 150 Å². The Kier molecular flexibility index (Phi) is 4.19. The number of H-pyrrole nitrogens is 1. The highest BCUT2D eigenvalue weighted by Gasteiger charge is 2.18. The molecule has 6 heteroatoms. The van der Waals surface area contributed by atoms with Crippen LogP contribution in [-0.2, 0) is 17.6 Å². The van der Waals surface area contributed by atoms with Crippen LogP contribution in [0.3, 0.4) is 0 Å². The molecule has 0 fully saturated rings. The molecule has 0 spiro atoms. The summed E-state index contributed by atoms with van der Waals surface area (Å²) in [6, 6.07) is 14.1. The molecule has 0 amide bonds. The highest BCUT2D eigenvalue weighted by molar-refractivity contribution is 7.80.